The van der Waals surface area contributed by atoms with Crippen LogP contribution in [-0.2, 0) is 38.5 Å². The van der Waals surface area contributed by atoms with E-state index < -0.39 is 0 Å². The van der Waals surface area contributed by atoms with Crippen molar-refractivity contribution in [2.45, 2.75) is 250 Å². The monoisotopic (exact) mass is 1380 g/mol. The molecule has 0 bridgehead atoms. The van der Waals surface area contributed by atoms with Crippen LogP contribution in [0.2, 0.25) is 0 Å². The number of para-hydroxylation sites is 2. The average Bonchev–Trinajstić information content (AvgIpc) is 1.55. The van der Waals surface area contributed by atoms with Gasteiger partial charge < -0.3 is 18.3 Å². The standard InChI is InChI=1S/C54H68N2.C46H52N2/c1-7-13-17-39(11-5)33-43-21-27-45(28-22-43)55-51-31-25-41(19-15-9-3)35-47(51)49-38-54-50(37-53(49)55)48-36-42(20-16-10-4)26-32-52(48)56(54)46-29-23-44(24-30-46)34-40(12-6)18-14-8-2;1-7-9-11-13-21-35-23-25-41-37(27-35)39-29-44-40(30-43(39)47(41)45-31(3)17-15-18-32(45)4)38-28-36(22-14-12-10-8-2)24-26-42(38)48(44)46-33(5)19-16-20-34(46)6/h21-32,35-40H,7-20,33-34H2,1-6H3;15-20,23-30H,7-14,21-22H2,1-6H3. The van der Waals surface area contributed by atoms with Crippen LogP contribution >= 0.6 is 0 Å². The summed E-state index contributed by atoms with van der Waals surface area (Å²) in [5.74, 6) is 1.53. The zero-order valence-electron chi connectivity index (χ0n) is 65.6. The van der Waals surface area contributed by atoms with Gasteiger partial charge in [-0.05, 0) is 256 Å². The molecule has 0 aliphatic rings. The van der Waals surface area contributed by atoms with Crippen molar-refractivity contribution < 1.29 is 0 Å². The Kier molecular flexibility index (Phi) is 24.2. The maximum absolute atomic E-state index is 2.56. The molecule has 0 N–H and O–H groups in total. The first kappa shape index (κ1) is 73.7. The van der Waals surface area contributed by atoms with Crippen LogP contribution in [-0.4, -0.2) is 18.3 Å². The van der Waals surface area contributed by atoms with Gasteiger partial charge >= 0.3 is 0 Å². The highest BCUT2D eigenvalue weighted by Crippen LogP contribution is 2.45. The van der Waals surface area contributed by atoms with Crippen LogP contribution in [0.4, 0.5) is 0 Å². The first-order valence-electron chi connectivity index (χ1n) is 41.3. The number of benzene rings is 10. The van der Waals surface area contributed by atoms with Crippen LogP contribution in [0.25, 0.3) is 110 Å². The third-order valence-electron chi connectivity index (χ3n) is 23.7. The quantitative estimate of drug-likeness (QED) is 0.0375. The summed E-state index contributed by atoms with van der Waals surface area (Å²) in [5, 5.41) is 10.8. The highest BCUT2D eigenvalue weighted by Gasteiger charge is 2.24. The smallest absolute Gasteiger partial charge is 0.0549 e. The van der Waals surface area contributed by atoms with Crippen LogP contribution in [0.15, 0.2) is 182 Å². The van der Waals surface area contributed by atoms with E-state index in [9.17, 15) is 0 Å². The van der Waals surface area contributed by atoms with Crippen LogP contribution in [0.3, 0.4) is 0 Å². The predicted molar refractivity (Wildman–Crippen MR) is 456 cm³/mol. The predicted octanol–water partition coefficient (Wildman–Crippen LogP) is 29.4. The zero-order valence-corrected chi connectivity index (χ0v) is 65.6. The summed E-state index contributed by atoms with van der Waals surface area (Å²) in [6.45, 7) is 27.6. The maximum Gasteiger partial charge on any atom is 0.0549 e. The molecule has 10 aromatic carbocycles. The van der Waals surface area contributed by atoms with Gasteiger partial charge in [-0.25, -0.2) is 0 Å². The molecule has 104 heavy (non-hydrogen) atoms. The van der Waals surface area contributed by atoms with Crippen molar-refractivity contribution in [3.05, 3.63) is 238 Å². The fourth-order valence-corrected chi connectivity index (χ4v) is 17.6. The maximum atomic E-state index is 2.56. The number of nitrogens with zero attached hydrogens (tertiary/aromatic N) is 4. The van der Waals surface area contributed by atoms with Gasteiger partial charge in [-0.2, -0.15) is 0 Å². The first-order chi connectivity index (χ1) is 50.9. The molecule has 0 fully saturated rings. The Morgan fingerprint density at radius 2 is 0.510 bits per heavy atom. The highest BCUT2D eigenvalue weighted by atomic mass is 15.0. The van der Waals surface area contributed by atoms with Gasteiger partial charge in [0.1, 0.15) is 0 Å². The third-order valence-corrected chi connectivity index (χ3v) is 23.7. The summed E-state index contributed by atoms with van der Waals surface area (Å²) in [5.41, 5.74) is 29.4. The van der Waals surface area contributed by atoms with Gasteiger partial charge in [0.25, 0.3) is 0 Å². The number of unbranched alkanes of at least 4 members (excludes halogenated alkanes) is 10. The van der Waals surface area contributed by atoms with Crippen molar-refractivity contribution in [2.75, 3.05) is 0 Å². The summed E-state index contributed by atoms with van der Waals surface area (Å²) >= 11 is 0. The van der Waals surface area contributed by atoms with E-state index >= 15 is 0 Å². The van der Waals surface area contributed by atoms with Crippen molar-refractivity contribution >= 4 is 87.2 Å². The fraction of sp³-hybridized carbons (Fsp3) is 0.400. The van der Waals surface area contributed by atoms with Crippen molar-refractivity contribution in [2.24, 2.45) is 11.8 Å². The van der Waals surface area contributed by atoms with Crippen molar-refractivity contribution in [3.8, 4) is 22.7 Å². The topological polar surface area (TPSA) is 19.7 Å². The van der Waals surface area contributed by atoms with Crippen LogP contribution < -0.4 is 0 Å². The molecule has 4 heteroatoms. The number of aromatic nitrogens is 4. The van der Waals surface area contributed by atoms with Crippen molar-refractivity contribution in [1.29, 1.82) is 0 Å². The minimum atomic E-state index is 0.763. The fourth-order valence-electron chi connectivity index (χ4n) is 17.6. The van der Waals surface area contributed by atoms with E-state index in [2.05, 4.69) is 283 Å². The number of aryl methyl sites for hydroxylation is 8. The highest BCUT2D eigenvalue weighted by molar-refractivity contribution is 6.21. The van der Waals surface area contributed by atoms with E-state index in [1.807, 2.05) is 0 Å². The lowest BCUT2D eigenvalue weighted by atomic mass is 9.92. The number of fused-ring (bicyclic) bond motifs is 12. The molecule has 0 radical (unpaired) electrons. The second kappa shape index (κ2) is 34.1. The van der Waals surface area contributed by atoms with Crippen molar-refractivity contribution in [1.82, 2.24) is 18.3 Å². The molecule has 14 rings (SSSR count). The molecule has 4 aromatic heterocycles. The van der Waals surface area contributed by atoms with E-state index in [0.717, 1.165) is 37.5 Å². The number of rotatable bonds is 32. The molecule has 0 amide bonds. The zero-order chi connectivity index (χ0) is 72.4. The average molecular weight is 1380 g/mol. The van der Waals surface area contributed by atoms with Gasteiger partial charge in [0.15, 0.2) is 0 Å². The second-order valence-electron chi connectivity index (χ2n) is 31.4. The number of hydrogen-bond acceptors (Lipinski definition) is 0. The molecular weight excluding hydrogens is 1260 g/mol. The van der Waals surface area contributed by atoms with Gasteiger partial charge in [-0.3, -0.25) is 0 Å². The third kappa shape index (κ3) is 15.4. The van der Waals surface area contributed by atoms with Gasteiger partial charge in [-0.1, -0.05) is 243 Å². The molecular formula is C100H120N4. The molecule has 0 saturated heterocycles. The van der Waals surface area contributed by atoms with Gasteiger partial charge in [0.2, 0.25) is 0 Å². The molecule has 540 valence electrons. The molecule has 2 unspecified atom stereocenters. The largest absolute Gasteiger partial charge is 0.309 e. The molecule has 0 spiro atoms. The lowest BCUT2D eigenvalue weighted by molar-refractivity contribution is 0.449. The van der Waals surface area contributed by atoms with E-state index in [4.69, 9.17) is 0 Å². The minimum Gasteiger partial charge on any atom is -0.309 e. The summed E-state index contributed by atoms with van der Waals surface area (Å²) in [6, 6.07) is 71.8. The molecule has 0 aliphatic heterocycles. The molecule has 4 heterocycles. The SMILES string of the molecule is CCCCCCc1ccc2c(c1)c1cc3c(cc1n2-c1c(C)cccc1C)c1cc(CCCCCC)ccc1n3-c1c(C)cccc1C.CCCCc1ccc2c(c1)c1cc3c(cc1n2-c1ccc(CC(CC)CCCC)cc1)c1cc(CCCC)ccc1n3-c1ccc(CC(CC)CCCC)cc1. The van der Waals surface area contributed by atoms with Crippen LogP contribution in [0.1, 0.15) is 239 Å². The molecule has 0 aliphatic carbocycles. The minimum absolute atomic E-state index is 0.763. The summed E-state index contributed by atoms with van der Waals surface area (Å²) in [7, 11) is 0. The number of hydrogen-bond donors (Lipinski definition) is 0. The molecule has 14 aromatic rings. The lowest BCUT2D eigenvalue weighted by Gasteiger charge is -2.15. The van der Waals surface area contributed by atoms with E-state index in [0.29, 0.717) is 0 Å². The Balaban J connectivity index is 0.000000187. The Bertz CT molecular complexity index is 4880. The molecule has 2 atom stereocenters. The lowest BCUT2D eigenvalue weighted by Crippen LogP contribution is -2.04. The van der Waals surface area contributed by atoms with Gasteiger partial charge in [-0.15, -0.1) is 0 Å². The molecule has 0 saturated carbocycles. The van der Waals surface area contributed by atoms with Crippen LogP contribution in [0.5, 0.6) is 0 Å². The summed E-state index contributed by atoms with van der Waals surface area (Å²) < 4.78 is 10.2. The van der Waals surface area contributed by atoms with E-state index in [1.165, 1.54) is 307 Å². The summed E-state index contributed by atoms with van der Waals surface area (Å²) in [4.78, 5) is 0. The van der Waals surface area contributed by atoms with Gasteiger partial charge in [0.05, 0.1) is 55.5 Å². The Morgan fingerprint density at radius 1 is 0.240 bits per heavy atom. The second-order valence-corrected chi connectivity index (χ2v) is 31.4. The van der Waals surface area contributed by atoms with Crippen molar-refractivity contribution in [3.63, 3.8) is 0 Å². The Morgan fingerprint density at radius 3 is 0.808 bits per heavy atom. The summed E-state index contributed by atoms with van der Waals surface area (Å²) in [6.07, 6.45) is 32.4. The normalized spacial score (nSPS) is 12.6. The van der Waals surface area contributed by atoms with Crippen LogP contribution in [0, 0.1) is 39.5 Å². The van der Waals surface area contributed by atoms with E-state index in [1.54, 1.807) is 0 Å². The van der Waals surface area contributed by atoms with Gasteiger partial charge in [0, 0.05) is 54.5 Å². The van der Waals surface area contributed by atoms with E-state index in [-0.39, 0.29) is 0 Å². The first-order valence-corrected chi connectivity index (χ1v) is 41.3. The Hall–Kier alpha value is -8.60. The molecule has 4 nitrogen and oxygen atoms in total. The Labute approximate surface area is 623 Å².